The number of carbonyl (C=O) groups is 1. The summed E-state index contributed by atoms with van der Waals surface area (Å²) in [5, 5.41) is 18.8. The molecule has 0 saturated carbocycles. The summed E-state index contributed by atoms with van der Waals surface area (Å²) in [5.74, 6) is -0.586. The van der Waals surface area contributed by atoms with E-state index in [1.54, 1.807) is 23.9 Å². The summed E-state index contributed by atoms with van der Waals surface area (Å²) in [7, 11) is 0. The molecule has 6 heteroatoms. The lowest BCUT2D eigenvalue weighted by molar-refractivity contribution is 0.0707. The molecule has 6 nitrogen and oxygen atoms in total. The van der Waals surface area contributed by atoms with Crippen molar-refractivity contribution < 1.29 is 15.1 Å². The Bertz CT molecular complexity index is 1220. The van der Waals surface area contributed by atoms with Crippen molar-refractivity contribution in [1.82, 2.24) is 15.4 Å². The number of hydroxylamine groups is 1. The third-order valence-corrected chi connectivity index (χ3v) is 5.43. The molecule has 0 radical (unpaired) electrons. The van der Waals surface area contributed by atoms with Crippen molar-refractivity contribution in [3.05, 3.63) is 83.7 Å². The monoisotopic (exact) mass is 413 g/mol. The van der Waals surface area contributed by atoms with E-state index in [4.69, 9.17) is 10.1 Å². The summed E-state index contributed by atoms with van der Waals surface area (Å²) in [6.45, 7) is 2.02. The number of amides is 1. The summed E-state index contributed by atoms with van der Waals surface area (Å²) in [4.78, 5) is 21.2. The number of pyridine rings is 2. The third-order valence-electron chi connectivity index (χ3n) is 5.43. The van der Waals surface area contributed by atoms with Crippen LogP contribution in [0.25, 0.3) is 33.3 Å². The number of carbonyl (C=O) groups excluding carboxylic acids is 1. The molecule has 1 amide bonds. The van der Waals surface area contributed by atoms with E-state index in [1.165, 1.54) is 5.56 Å². The van der Waals surface area contributed by atoms with Crippen LogP contribution in [0.3, 0.4) is 0 Å². The van der Waals surface area contributed by atoms with Crippen molar-refractivity contribution in [1.29, 1.82) is 0 Å². The molecule has 4 rings (SSSR count). The fourth-order valence-corrected chi connectivity index (χ4v) is 3.80. The Morgan fingerprint density at radius 2 is 1.61 bits per heavy atom. The van der Waals surface area contributed by atoms with E-state index in [9.17, 15) is 10.0 Å². The van der Waals surface area contributed by atoms with Gasteiger partial charge in [0.25, 0.3) is 5.91 Å². The molecule has 2 aromatic carbocycles. The van der Waals surface area contributed by atoms with Crippen molar-refractivity contribution in [2.24, 2.45) is 0 Å². The number of nitrogens with one attached hydrogen (secondary N) is 1. The first-order valence-corrected chi connectivity index (χ1v) is 10.1. The van der Waals surface area contributed by atoms with Gasteiger partial charge >= 0.3 is 0 Å². The van der Waals surface area contributed by atoms with Gasteiger partial charge in [0.15, 0.2) is 0 Å². The Morgan fingerprint density at radius 1 is 0.968 bits per heavy atom. The molecular weight excluding hydrogens is 390 g/mol. The second kappa shape index (κ2) is 9.04. The molecule has 0 atom stereocenters. The molecule has 0 bridgehead atoms. The van der Waals surface area contributed by atoms with Crippen LogP contribution < -0.4 is 5.48 Å². The van der Waals surface area contributed by atoms with E-state index in [-0.39, 0.29) is 6.61 Å². The standard InChI is InChI=1S/C25H23N3O3/c1-16-23(25(30)28-31)21-15-26-13-12-22(21)27-24(16)20-10-8-19(9-11-20)18-6-4-17(5-7-18)3-2-14-29/h4-13,15,29,31H,2-3,14H2,1H3,(H,28,30). The minimum Gasteiger partial charge on any atom is -0.396 e. The third kappa shape index (κ3) is 4.17. The van der Waals surface area contributed by atoms with Gasteiger partial charge in [-0.05, 0) is 48.1 Å². The normalized spacial score (nSPS) is 10.9. The number of nitrogens with zero attached hydrogens (tertiary/aromatic N) is 2. The molecule has 0 spiro atoms. The Hall–Kier alpha value is -3.61. The zero-order valence-corrected chi connectivity index (χ0v) is 17.2. The van der Waals surface area contributed by atoms with Gasteiger partial charge in [0.2, 0.25) is 0 Å². The highest BCUT2D eigenvalue weighted by atomic mass is 16.5. The highest BCUT2D eigenvalue weighted by Gasteiger charge is 2.18. The van der Waals surface area contributed by atoms with Gasteiger partial charge in [0.05, 0.1) is 16.8 Å². The molecule has 0 fully saturated rings. The van der Waals surface area contributed by atoms with Crippen molar-refractivity contribution in [2.45, 2.75) is 19.8 Å². The van der Waals surface area contributed by atoms with E-state index in [0.717, 1.165) is 29.5 Å². The van der Waals surface area contributed by atoms with Crippen molar-refractivity contribution >= 4 is 16.8 Å². The molecular formula is C25H23N3O3. The van der Waals surface area contributed by atoms with Gasteiger partial charge < -0.3 is 5.11 Å². The predicted octanol–water partition coefficient (Wildman–Crippen LogP) is 4.32. The number of hydrogen-bond donors (Lipinski definition) is 3. The molecule has 0 aliphatic heterocycles. The van der Waals surface area contributed by atoms with Crippen LogP contribution >= 0.6 is 0 Å². The average Bonchev–Trinajstić information content (AvgIpc) is 2.82. The molecule has 2 aromatic heterocycles. The number of benzene rings is 2. The number of aliphatic hydroxyl groups is 1. The summed E-state index contributed by atoms with van der Waals surface area (Å²) in [6, 6.07) is 18.1. The van der Waals surface area contributed by atoms with Crippen LogP contribution in [0.5, 0.6) is 0 Å². The lowest BCUT2D eigenvalue weighted by atomic mass is 9.96. The number of fused-ring (bicyclic) bond motifs is 1. The maximum Gasteiger partial charge on any atom is 0.275 e. The van der Waals surface area contributed by atoms with Gasteiger partial charge in [-0.2, -0.15) is 0 Å². The summed E-state index contributed by atoms with van der Waals surface area (Å²) >= 11 is 0. The molecule has 4 aromatic rings. The van der Waals surface area contributed by atoms with Crippen LogP contribution in [0.1, 0.15) is 27.9 Å². The zero-order valence-electron chi connectivity index (χ0n) is 17.2. The van der Waals surface area contributed by atoms with E-state index in [0.29, 0.717) is 27.7 Å². The molecule has 31 heavy (non-hydrogen) atoms. The summed E-state index contributed by atoms with van der Waals surface area (Å²) < 4.78 is 0. The zero-order chi connectivity index (χ0) is 21.8. The second-order valence-corrected chi connectivity index (χ2v) is 7.40. The highest BCUT2D eigenvalue weighted by Crippen LogP contribution is 2.31. The molecule has 3 N–H and O–H groups in total. The van der Waals surface area contributed by atoms with Crippen molar-refractivity contribution in [3.63, 3.8) is 0 Å². The lowest BCUT2D eigenvalue weighted by Gasteiger charge is -2.13. The molecule has 0 aliphatic rings. The van der Waals surface area contributed by atoms with Crippen LogP contribution in [-0.2, 0) is 6.42 Å². The van der Waals surface area contributed by atoms with Gasteiger partial charge in [-0.25, -0.2) is 10.5 Å². The first-order chi connectivity index (χ1) is 15.1. The fraction of sp³-hybridized carbons (Fsp3) is 0.160. The Labute approximate surface area is 180 Å². The maximum atomic E-state index is 12.3. The lowest BCUT2D eigenvalue weighted by Crippen LogP contribution is -2.21. The number of aryl methyl sites for hydroxylation is 1. The SMILES string of the molecule is Cc1c(-c2ccc(-c3ccc(CCCO)cc3)cc2)nc2ccncc2c1C(=O)NO. The number of rotatable bonds is 6. The second-order valence-electron chi connectivity index (χ2n) is 7.40. The predicted molar refractivity (Wildman–Crippen MR) is 120 cm³/mol. The Morgan fingerprint density at radius 3 is 2.26 bits per heavy atom. The minimum atomic E-state index is -0.586. The highest BCUT2D eigenvalue weighted by molar-refractivity contribution is 6.08. The largest absolute Gasteiger partial charge is 0.396 e. The average molecular weight is 413 g/mol. The smallest absolute Gasteiger partial charge is 0.275 e. The topological polar surface area (TPSA) is 95.3 Å². The van der Waals surface area contributed by atoms with Crippen molar-refractivity contribution in [2.75, 3.05) is 6.61 Å². The Kier molecular flexibility index (Phi) is 6.02. The van der Waals surface area contributed by atoms with Gasteiger partial charge in [0, 0.05) is 30.0 Å². The molecule has 2 heterocycles. The first-order valence-electron chi connectivity index (χ1n) is 10.1. The summed E-state index contributed by atoms with van der Waals surface area (Å²) in [6.07, 6.45) is 4.83. The van der Waals surface area contributed by atoms with Crippen LogP contribution in [0.15, 0.2) is 67.0 Å². The van der Waals surface area contributed by atoms with E-state index < -0.39 is 5.91 Å². The molecule has 0 saturated heterocycles. The fourth-order valence-electron chi connectivity index (χ4n) is 3.80. The molecule has 0 unspecified atom stereocenters. The summed E-state index contributed by atoms with van der Waals surface area (Å²) in [5.41, 5.74) is 8.35. The van der Waals surface area contributed by atoms with Gasteiger partial charge in [-0.1, -0.05) is 48.5 Å². The molecule has 0 aliphatic carbocycles. The minimum absolute atomic E-state index is 0.198. The molecule has 156 valence electrons. The van der Waals surface area contributed by atoms with E-state index in [1.807, 2.05) is 31.2 Å². The number of aromatic nitrogens is 2. The van der Waals surface area contributed by atoms with Gasteiger partial charge in [0.1, 0.15) is 0 Å². The Balaban J connectivity index is 1.71. The van der Waals surface area contributed by atoms with Gasteiger partial charge in [-0.15, -0.1) is 0 Å². The van der Waals surface area contributed by atoms with Crippen LogP contribution in [0, 0.1) is 6.92 Å². The number of aliphatic hydroxyl groups excluding tert-OH is 1. The van der Waals surface area contributed by atoms with Crippen molar-refractivity contribution in [3.8, 4) is 22.4 Å². The maximum absolute atomic E-state index is 12.3. The quantitative estimate of drug-likeness (QED) is 0.323. The first kappa shape index (κ1) is 20.7. The van der Waals surface area contributed by atoms with Gasteiger partial charge in [-0.3, -0.25) is 15.0 Å². The van der Waals surface area contributed by atoms with Crippen LogP contribution in [-0.4, -0.2) is 32.8 Å². The van der Waals surface area contributed by atoms with Crippen LogP contribution in [0.4, 0.5) is 0 Å². The van der Waals surface area contributed by atoms with E-state index >= 15 is 0 Å². The van der Waals surface area contributed by atoms with E-state index in [2.05, 4.69) is 29.2 Å². The van der Waals surface area contributed by atoms with Crippen LogP contribution in [0.2, 0.25) is 0 Å². The number of hydrogen-bond acceptors (Lipinski definition) is 5.